The molecule has 0 aliphatic carbocycles. The number of carbonyl (C=O) groups is 2. The predicted octanol–water partition coefficient (Wildman–Crippen LogP) is 2.93. The molecule has 1 aliphatic rings. The third kappa shape index (κ3) is 3.57. The van der Waals surface area contributed by atoms with Gasteiger partial charge in [-0.1, -0.05) is 24.0 Å². The summed E-state index contributed by atoms with van der Waals surface area (Å²) >= 11 is 9.52. The topological polar surface area (TPSA) is 76.1 Å². The lowest BCUT2D eigenvalue weighted by molar-refractivity contribution is -0.147. The van der Waals surface area contributed by atoms with Gasteiger partial charge < -0.3 is 14.6 Å². The van der Waals surface area contributed by atoms with Crippen molar-refractivity contribution in [3.8, 4) is 11.5 Å². The maximum absolute atomic E-state index is 12.5. The number of hydrogen-bond donors (Lipinski definition) is 1. The van der Waals surface area contributed by atoms with Gasteiger partial charge in [-0.3, -0.25) is 9.69 Å². The number of esters is 1. The summed E-state index contributed by atoms with van der Waals surface area (Å²) in [6, 6.07) is 2.44. The second-order valence-electron chi connectivity index (χ2n) is 4.80. The molecule has 1 aromatic rings. The number of amides is 1. The van der Waals surface area contributed by atoms with Crippen LogP contribution < -0.4 is 4.74 Å². The number of ether oxygens (including phenoxy) is 2. The number of benzene rings is 1. The van der Waals surface area contributed by atoms with Crippen LogP contribution >= 0.6 is 39.9 Å². The van der Waals surface area contributed by atoms with E-state index in [-0.39, 0.29) is 21.7 Å². The fourth-order valence-corrected chi connectivity index (χ4v) is 3.95. The summed E-state index contributed by atoms with van der Waals surface area (Å²) in [7, 11) is 2.69. The predicted molar refractivity (Wildman–Crippen MR) is 98.8 cm³/mol. The van der Waals surface area contributed by atoms with Crippen molar-refractivity contribution in [2.24, 2.45) is 0 Å². The van der Waals surface area contributed by atoms with Gasteiger partial charge in [0.25, 0.3) is 5.91 Å². The molecular weight excluding hydrogens is 418 g/mol. The molecule has 9 heteroatoms. The number of thiocarbonyl (C=S) groups is 1. The highest BCUT2D eigenvalue weighted by Gasteiger charge is 2.38. The van der Waals surface area contributed by atoms with Gasteiger partial charge in [-0.15, -0.1) is 0 Å². The minimum absolute atomic E-state index is 0.0264. The number of halogens is 1. The third-order valence-electron chi connectivity index (χ3n) is 3.32. The van der Waals surface area contributed by atoms with Gasteiger partial charge in [0.05, 0.1) is 23.6 Å². The average Bonchev–Trinajstić information content (AvgIpc) is 2.83. The van der Waals surface area contributed by atoms with Crippen molar-refractivity contribution in [2.45, 2.75) is 13.0 Å². The van der Waals surface area contributed by atoms with Crippen LogP contribution in [0.25, 0.3) is 6.08 Å². The van der Waals surface area contributed by atoms with E-state index in [0.29, 0.717) is 14.9 Å². The van der Waals surface area contributed by atoms with Crippen LogP contribution in [0.4, 0.5) is 0 Å². The molecule has 1 aromatic carbocycles. The number of rotatable bonds is 4. The maximum Gasteiger partial charge on any atom is 0.328 e. The number of carbonyl (C=O) groups excluding carboxylic acids is 2. The molecule has 24 heavy (non-hydrogen) atoms. The Morgan fingerprint density at radius 3 is 2.71 bits per heavy atom. The van der Waals surface area contributed by atoms with E-state index in [1.165, 1.54) is 19.1 Å². The highest BCUT2D eigenvalue weighted by Crippen LogP contribution is 2.38. The Kier molecular flexibility index (Phi) is 5.89. The van der Waals surface area contributed by atoms with Crippen LogP contribution in [0.1, 0.15) is 12.5 Å². The first-order valence-electron chi connectivity index (χ1n) is 6.71. The molecule has 1 amide bonds. The molecule has 1 unspecified atom stereocenters. The molecule has 1 aliphatic heterocycles. The molecule has 1 fully saturated rings. The molecule has 0 saturated carbocycles. The zero-order valence-corrected chi connectivity index (χ0v) is 16.3. The maximum atomic E-state index is 12.5. The monoisotopic (exact) mass is 431 g/mol. The normalized spacial score (nSPS) is 17.3. The molecule has 0 aromatic heterocycles. The van der Waals surface area contributed by atoms with Gasteiger partial charge >= 0.3 is 5.97 Å². The van der Waals surface area contributed by atoms with Crippen molar-refractivity contribution in [1.82, 2.24) is 4.90 Å². The zero-order valence-electron chi connectivity index (χ0n) is 13.0. The number of nitrogens with zero attached hydrogens (tertiary/aromatic N) is 1. The van der Waals surface area contributed by atoms with Crippen LogP contribution in [-0.4, -0.2) is 46.5 Å². The molecule has 6 nitrogen and oxygen atoms in total. The van der Waals surface area contributed by atoms with Gasteiger partial charge in [0.2, 0.25) is 0 Å². The number of phenolic OH excluding ortho intramolecular Hbond substituents is 1. The van der Waals surface area contributed by atoms with E-state index < -0.39 is 12.0 Å². The largest absolute Gasteiger partial charge is 0.503 e. The average molecular weight is 432 g/mol. The van der Waals surface area contributed by atoms with Crippen LogP contribution in [0.2, 0.25) is 0 Å². The fraction of sp³-hybridized carbons (Fsp3) is 0.267. The summed E-state index contributed by atoms with van der Waals surface area (Å²) in [5.74, 6) is -0.664. The number of aromatic hydroxyl groups is 1. The number of phenols is 1. The first-order valence-corrected chi connectivity index (χ1v) is 8.73. The first kappa shape index (κ1) is 18.8. The highest BCUT2D eigenvalue weighted by atomic mass is 79.9. The van der Waals surface area contributed by atoms with E-state index in [9.17, 15) is 14.7 Å². The van der Waals surface area contributed by atoms with Gasteiger partial charge in [-0.25, -0.2) is 4.79 Å². The van der Waals surface area contributed by atoms with Crippen LogP contribution in [0.5, 0.6) is 11.5 Å². The Labute approximate surface area is 156 Å². The SMILES string of the molecule is COC(=O)C(C)N1C(=O)/C(=C/c2cc(Br)c(O)c(OC)c2)SC1=S. The van der Waals surface area contributed by atoms with Crippen molar-refractivity contribution in [2.75, 3.05) is 14.2 Å². The van der Waals surface area contributed by atoms with Gasteiger partial charge in [-0.2, -0.15) is 0 Å². The Balaban J connectivity index is 2.36. The third-order valence-corrected chi connectivity index (χ3v) is 5.26. The van der Waals surface area contributed by atoms with E-state index in [1.54, 1.807) is 25.1 Å². The lowest BCUT2D eigenvalue weighted by atomic mass is 10.1. The van der Waals surface area contributed by atoms with E-state index in [1.807, 2.05) is 0 Å². The molecule has 1 heterocycles. The second-order valence-corrected chi connectivity index (χ2v) is 7.33. The van der Waals surface area contributed by atoms with Gasteiger partial charge in [0, 0.05) is 0 Å². The minimum atomic E-state index is -0.797. The Morgan fingerprint density at radius 1 is 1.46 bits per heavy atom. The van der Waals surface area contributed by atoms with Crippen LogP contribution in [0.15, 0.2) is 21.5 Å². The van der Waals surface area contributed by atoms with Crippen molar-refractivity contribution in [3.05, 3.63) is 27.1 Å². The molecule has 0 spiro atoms. The van der Waals surface area contributed by atoms with E-state index in [4.69, 9.17) is 17.0 Å². The quantitative estimate of drug-likeness (QED) is 0.446. The number of methoxy groups -OCH3 is 2. The molecular formula is C15H14BrNO5S2. The summed E-state index contributed by atoms with van der Waals surface area (Å²) in [4.78, 5) is 25.8. The van der Waals surface area contributed by atoms with Crippen LogP contribution in [0.3, 0.4) is 0 Å². The smallest absolute Gasteiger partial charge is 0.328 e. The van der Waals surface area contributed by atoms with Gasteiger partial charge in [0.1, 0.15) is 10.4 Å². The Morgan fingerprint density at radius 2 is 2.12 bits per heavy atom. The zero-order chi connectivity index (χ0) is 18.0. The molecule has 128 valence electrons. The van der Waals surface area contributed by atoms with Gasteiger partial charge in [0.15, 0.2) is 11.5 Å². The minimum Gasteiger partial charge on any atom is -0.503 e. The summed E-state index contributed by atoms with van der Waals surface area (Å²) in [5.41, 5.74) is 0.641. The Bertz CT molecular complexity index is 750. The van der Waals surface area contributed by atoms with Crippen molar-refractivity contribution < 1.29 is 24.2 Å². The summed E-state index contributed by atoms with van der Waals surface area (Å²) in [6.45, 7) is 1.56. The lowest BCUT2D eigenvalue weighted by Crippen LogP contribution is -2.42. The standard InChI is InChI=1S/C15H14BrNO5S2/c1-7(14(20)22-3)17-13(19)11(24-15(17)23)6-8-4-9(16)12(18)10(5-8)21-2/h4-7,18H,1-3H3/b11-6-. The fourth-order valence-electron chi connectivity index (χ4n) is 2.07. The lowest BCUT2D eigenvalue weighted by Gasteiger charge is -2.20. The van der Waals surface area contributed by atoms with E-state index >= 15 is 0 Å². The molecule has 1 saturated heterocycles. The molecule has 1 atom stereocenters. The van der Waals surface area contributed by atoms with Gasteiger partial charge in [-0.05, 0) is 46.6 Å². The van der Waals surface area contributed by atoms with E-state index in [2.05, 4.69) is 20.7 Å². The molecule has 0 radical (unpaired) electrons. The van der Waals surface area contributed by atoms with Crippen LogP contribution in [0, 0.1) is 0 Å². The highest BCUT2D eigenvalue weighted by molar-refractivity contribution is 9.10. The molecule has 1 N–H and O–H groups in total. The Hall–Kier alpha value is -1.58. The molecule has 2 rings (SSSR count). The summed E-state index contributed by atoms with van der Waals surface area (Å²) < 4.78 is 10.5. The number of thioether (sulfide) groups is 1. The van der Waals surface area contributed by atoms with Crippen molar-refractivity contribution in [3.63, 3.8) is 0 Å². The first-order chi connectivity index (χ1) is 11.3. The van der Waals surface area contributed by atoms with Crippen molar-refractivity contribution in [1.29, 1.82) is 0 Å². The van der Waals surface area contributed by atoms with Crippen LogP contribution in [-0.2, 0) is 14.3 Å². The second kappa shape index (κ2) is 7.54. The summed E-state index contributed by atoms with van der Waals surface area (Å²) in [6.07, 6.45) is 1.62. The molecule has 0 bridgehead atoms. The van der Waals surface area contributed by atoms with Crippen molar-refractivity contribution >= 4 is 62.2 Å². The van der Waals surface area contributed by atoms with E-state index in [0.717, 1.165) is 11.8 Å². The number of hydrogen-bond acceptors (Lipinski definition) is 7. The summed E-state index contributed by atoms with van der Waals surface area (Å²) in [5, 5.41) is 9.83.